The van der Waals surface area contributed by atoms with Gasteiger partial charge in [0.1, 0.15) is 9.85 Å². The number of nitro benzene ring substituents is 1. The van der Waals surface area contributed by atoms with Crippen LogP contribution in [0.25, 0.3) is 0 Å². The van der Waals surface area contributed by atoms with Gasteiger partial charge in [0.15, 0.2) is 0 Å². The molecule has 0 aliphatic rings. The molecule has 0 bridgehead atoms. The van der Waals surface area contributed by atoms with Crippen LogP contribution in [0.5, 0.6) is 0 Å². The van der Waals surface area contributed by atoms with Gasteiger partial charge in [0.2, 0.25) is 12.4 Å². The Morgan fingerprint density at radius 3 is 2.23 bits per heavy atom. The van der Waals surface area contributed by atoms with Crippen LogP contribution in [-0.4, -0.2) is 33.0 Å². The summed E-state index contributed by atoms with van der Waals surface area (Å²) in [6.07, 6.45) is 0. The van der Waals surface area contributed by atoms with E-state index in [9.17, 15) is 39.5 Å². The van der Waals surface area contributed by atoms with Crippen LogP contribution < -0.4 is 0 Å². The zero-order chi connectivity index (χ0) is 17.1. The minimum absolute atomic E-state index is 0.470. The van der Waals surface area contributed by atoms with Gasteiger partial charge in [-0.05, 0) is 12.1 Å². The summed E-state index contributed by atoms with van der Waals surface area (Å²) < 4.78 is 17.5. The molecule has 0 spiro atoms. The summed E-state index contributed by atoms with van der Waals surface area (Å²) in [5.41, 5.74) is -4.23. The van der Waals surface area contributed by atoms with E-state index in [0.29, 0.717) is 19.1 Å². The van der Waals surface area contributed by atoms with Crippen molar-refractivity contribution >= 4 is 11.7 Å². The molecule has 0 radical (unpaired) electrons. The number of hydrogen-bond acceptors (Lipinski definition) is 8. The highest BCUT2D eigenvalue weighted by molar-refractivity contribution is 5.90. The van der Waals surface area contributed by atoms with Gasteiger partial charge in [-0.3, -0.25) is 30.3 Å². The molecule has 0 saturated carbocycles. The van der Waals surface area contributed by atoms with Gasteiger partial charge in [-0.2, -0.15) is 4.39 Å². The fourth-order valence-electron chi connectivity index (χ4n) is 1.24. The first kappa shape index (κ1) is 16.9. The highest BCUT2D eigenvalue weighted by atomic mass is 19.1. The third kappa shape index (κ3) is 3.28. The van der Waals surface area contributed by atoms with Crippen LogP contribution >= 0.6 is 0 Å². The molecule has 1 aromatic rings. The fourth-order valence-corrected chi connectivity index (χ4v) is 1.24. The van der Waals surface area contributed by atoms with E-state index >= 15 is 0 Å². The largest absolute Gasteiger partial charge is 0.488 e. The van der Waals surface area contributed by atoms with Crippen molar-refractivity contribution in [2.24, 2.45) is 0 Å². The predicted octanol–water partition coefficient (Wildman–Crippen LogP) is 1.16. The van der Waals surface area contributed by atoms with Crippen molar-refractivity contribution in [3.8, 4) is 0 Å². The average Bonchev–Trinajstić information content (AvgIpc) is 2.43. The van der Waals surface area contributed by atoms with Gasteiger partial charge in [0, 0.05) is 6.07 Å². The highest BCUT2D eigenvalue weighted by Crippen LogP contribution is 2.20. The summed E-state index contributed by atoms with van der Waals surface area (Å²) in [5.74, 6) is -2.49. The molecule has 1 rings (SSSR count). The Kier molecular flexibility index (Phi) is 4.66. The standard InChI is InChI=1S/C10H8FN3O8/c1-10(13(18)19,14(20)21)5-22-9(15)6-2-3-7(11)8(4-6)12(16)17/h2-4H,5H2,1H3. The molecular formula is C10H8FN3O8. The van der Waals surface area contributed by atoms with Crippen molar-refractivity contribution < 1.29 is 28.7 Å². The SMILES string of the molecule is CC(COC(=O)c1ccc(F)c([N+](=O)[O-])c1)([N+](=O)[O-])[N+](=O)[O-]. The molecule has 0 aromatic heterocycles. The first-order valence-corrected chi connectivity index (χ1v) is 5.49. The van der Waals surface area contributed by atoms with Crippen molar-refractivity contribution in [1.82, 2.24) is 0 Å². The van der Waals surface area contributed by atoms with Crippen LogP contribution in [0.2, 0.25) is 0 Å². The zero-order valence-electron chi connectivity index (χ0n) is 10.9. The molecule has 12 heteroatoms. The Morgan fingerprint density at radius 2 is 1.77 bits per heavy atom. The van der Waals surface area contributed by atoms with Gasteiger partial charge >= 0.3 is 17.3 Å². The molecule has 0 amide bonds. The van der Waals surface area contributed by atoms with E-state index in [1.807, 2.05) is 0 Å². The number of nitrogens with zero attached hydrogens (tertiary/aromatic N) is 3. The molecule has 0 N–H and O–H groups in total. The molecule has 0 atom stereocenters. The molecule has 0 aliphatic carbocycles. The maximum Gasteiger partial charge on any atom is 0.488 e. The Hall–Kier alpha value is -3.18. The summed E-state index contributed by atoms with van der Waals surface area (Å²) in [6, 6.07) is 2.04. The van der Waals surface area contributed by atoms with Crippen LogP contribution in [-0.2, 0) is 4.74 Å². The summed E-state index contributed by atoms with van der Waals surface area (Å²) >= 11 is 0. The van der Waals surface area contributed by atoms with Crippen LogP contribution in [0.15, 0.2) is 18.2 Å². The van der Waals surface area contributed by atoms with Gasteiger partial charge in [0.05, 0.1) is 17.4 Å². The van der Waals surface area contributed by atoms with Crippen LogP contribution in [0, 0.1) is 36.2 Å². The molecular weight excluding hydrogens is 309 g/mol. The number of nitro groups is 3. The lowest BCUT2D eigenvalue weighted by atomic mass is 10.2. The molecule has 1 aromatic carbocycles. The molecule has 0 fully saturated rings. The van der Waals surface area contributed by atoms with Crippen molar-refractivity contribution in [2.45, 2.75) is 12.6 Å². The van der Waals surface area contributed by atoms with Crippen molar-refractivity contribution in [2.75, 3.05) is 6.61 Å². The van der Waals surface area contributed by atoms with Crippen molar-refractivity contribution in [3.05, 3.63) is 59.9 Å². The second kappa shape index (κ2) is 6.07. The highest BCUT2D eigenvalue weighted by Gasteiger charge is 2.52. The Bertz CT molecular complexity index is 648. The van der Waals surface area contributed by atoms with Gasteiger partial charge < -0.3 is 4.74 Å². The number of esters is 1. The number of carbonyl (C=O) groups is 1. The number of carbonyl (C=O) groups excluding carboxylic acids is 1. The lowest BCUT2D eigenvalue weighted by Gasteiger charge is -2.12. The number of benzene rings is 1. The Balaban J connectivity index is 2.95. The molecule has 0 unspecified atom stereocenters. The molecule has 0 aliphatic heterocycles. The lowest BCUT2D eigenvalue weighted by Crippen LogP contribution is -2.47. The van der Waals surface area contributed by atoms with E-state index in [4.69, 9.17) is 0 Å². The van der Waals surface area contributed by atoms with Crippen molar-refractivity contribution in [3.63, 3.8) is 0 Å². The van der Waals surface area contributed by atoms with E-state index in [-0.39, 0.29) is 0 Å². The Morgan fingerprint density at radius 1 is 1.23 bits per heavy atom. The summed E-state index contributed by atoms with van der Waals surface area (Å²) in [6.45, 7) is -0.565. The van der Waals surface area contributed by atoms with Crippen LogP contribution in [0.3, 0.4) is 0 Å². The zero-order valence-corrected chi connectivity index (χ0v) is 10.9. The number of hydrogen-bond donors (Lipinski definition) is 0. The predicted molar refractivity (Wildman–Crippen MR) is 65.7 cm³/mol. The smallest absolute Gasteiger partial charge is 0.446 e. The minimum Gasteiger partial charge on any atom is -0.446 e. The maximum atomic E-state index is 13.1. The summed E-state index contributed by atoms with van der Waals surface area (Å²) in [5, 5.41) is 31.8. The Labute approximate surface area is 120 Å². The monoisotopic (exact) mass is 317 g/mol. The molecule has 22 heavy (non-hydrogen) atoms. The van der Waals surface area contributed by atoms with E-state index in [0.717, 1.165) is 6.07 Å². The minimum atomic E-state index is -2.76. The van der Waals surface area contributed by atoms with E-state index in [1.165, 1.54) is 0 Å². The van der Waals surface area contributed by atoms with Crippen molar-refractivity contribution in [1.29, 1.82) is 0 Å². The lowest BCUT2D eigenvalue weighted by molar-refractivity contribution is -0.793. The van der Waals surface area contributed by atoms with E-state index < -0.39 is 50.1 Å². The number of rotatable bonds is 6. The van der Waals surface area contributed by atoms with Gasteiger partial charge in [-0.15, -0.1) is 0 Å². The normalized spacial score (nSPS) is 10.8. The second-order valence-corrected chi connectivity index (χ2v) is 4.23. The molecule has 118 valence electrons. The average molecular weight is 317 g/mol. The third-order valence-corrected chi connectivity index (χ3v) is 2.64. The number of ether oxygens (including phenoxy) is 1. The van der Waals surface area contributed by atoms with Crippen LogP contribution in [0.4, 0.5) is 10.1 Å². The third-order valence-electron chi connectivity index (χ3n) is 2.64. The summed E-state index contributed by atoms with van der Waals surface area (Å²) in [7, 11) is 0. The van der Waals surface area contributed by atoms with Gasteiger partial charge in [0.25, 0.3) is 0 Å². The van der Waals surface area contributed by atoms with Crippen LogP contribution in [0.1, 0.15) is 17.3 Å². The van der Waals surface area contributed by atoms with Gasteiger partial charge in [-0.1, -0.05) is 0 Å². The first-order valence-electron chi connectivity index (χ1n) is 5.49. The van der Waals surface area contributed by atoms with E-state index in [2.05, 4.69) is 4.74 Å². The maximum absolute atomic E-state index is 13.1. The van der Waals surface area contributed by atoms with E-state index in [1.54, 1.807) is 0 Å². The molecule has 0 saturated heterocycles. The summed E-state index contributed by atoms with van der Waals surface area (Å²) in [4.78, 5) is 39.8. The molecule has 11 nitrogen and oxygen atoms in total. The fraction of sp³-hybridized carbons (Fsp3) is 0.300. The second-order valence-electron chi connectivity index (χ2n) is 4.23. The quantitative estimate of drug-likeness (QED) is 0.327. The molecule has 0 heterocycles. The van der Waals surface area contributed by atoms with Gasteiger partial charge in [-0.25, -0.2) is 4.79 Å². The number of halogens is 1. The first-order chi connectivity index (χ1) is 10.1. The topological polar surface area (TPSA) is 156 Å².